The van der Waals surface area contributed by atoms with Crippen molar-refractivity contribution in [1.82, 2.24) is 0 Å². The molecule has 4 N–H and O–H groups in total. The van der Waals surface area contributed by atoms with Crippen molar-refractivity contribution in [2.75, 3.05) is 4.90 Å². The highest BCUT2D eigenvalue weighted by molar-refractivity contribution is 9.11. The van der Waals surface area contributed by atoms with Crippen molar-refractivity contribution in [3.05, 3.63) is 30.9 Å². The number of hydrogen-bond acceptors (Lipinski definition) is 7. The van der Waals surface area contributed by atoms with Gasteiger partial charge in [-0.2, -0.15) is 4.99 Å². The van der Waals surface area contributed by atoms with Crippen molar-refractivity contribution >= 4 is 55.2 Å². The van der Waals surface area contributed by atoms with Crippen LogP contribution in [0.4, 0.5) is 15.8 Å². The molecule has 1 heterocycles. The van der Waals surface area contributed by atoms with Crippen LogP contribution in [0.2, 0.25) is 0 Å². The molecule has 11 heteroatoms. The SMILES string of the molecule is NC1=NC2(CCCCC2)N(c2c([N+](=O)[O-])cc(Br)c(F)c2Br)C(N)=N1. The maximum atomic E-state index is 14.5. The molecule has 0 unspecified atom stereocenters. The van der Waals surface area contributed by atoms with Gasteiger partial charge < -0.3 is 11.5 Å². The molecule has 2 aliphatic rings. The smallest absolute Gasteiger partial charge is 0.295 e. The summed E-state index contributed by atoms with van der Waals surface area (Å²) >= 11 is 6.14. The number of halogens is 3. The summed E-state index contributed by atoms with van der Waals surface area (Å²) in [5, 5.41) is 11.6. The molecule has 1 saturated carbocycles. The van der Waals surface area contributed by atoms with Crippen LogP contribution in [0.5, 0.6) is 0 Å². The molecule has 1 fully saturated rings. The average molecular weight is 478 g/mol. The predicted molar refractivity (Wildman–Crippen MR) is 100.0 cm³/mol. The maximum absolute atomic E-state index is 14.5. The minimum absolute atomic E-state index is 0.00917. The molecule has 1 aliphatic carbocycles. The van der Waals surface area contributed by atoms with Gasteiger partial charge in [0.05, 0.1) is 13.9 Å². The summed E-state index contributed by atoms with van der Waals surface area (Å²) in [5.74, 6) is -0.686. The van der Waals surface area contributed by atoms with Crippen molar-refractivity contribution in [3.63, 3.8) is 0 Å². The number of benzene rings is 1. The number of nitrogens with zero attached hydrogens (tertiary/aromatic N) is 4. The number of nitro groups is 1. The van der Waals surface area contributed by atoms with E-state index in [0.29, 0.717) is 12.8 Å². The molecular weight excluding hydrogens is 463 g/mol. The fourth-order valence-electron chi connectivity index (χ4n) is 3.37. The van der Waals surface area contributed by atoms with Crippen molar-refractivity contribution in [2.24, 2.45) is 21.5 Å². The Morgan fingerprint density at radius 1 is 1.28 bits per heavy atom. The van der Waals surface area contributed by atoms with Crippen LogP contribution in [0.15, 0.2) is 25.0 Å². The highest BCUT2D eigenvalue weighted by atomic mass is 79.9. The van der Waals surface area contributed by atoms with E-state index >= 15 is 0 Å². The number of nitro benzene ring substituents is 1. The molecule has 0 aromatic heterocycles. The first kappa shape index (κ1) is 18.1. The number of anilines is 1. The number of hydrogen-bond donors (Lipinski definition) is 2. The fraction of sp³-hybridized carbons (Fsp3) is 0.429. The molecule has 1 spiro atoms. The Labute approximate surface area is 159 Å². The molecular formula is C14H15Br2FN6O2. The lowest BCUT2D eigenvalue weighted by Gasteiger charge is -2.45. The first-order valence-corrected chi connectivity index (χ1v) is 9.17. The Kier molecular flexibility index (Phi) is 4.71. The molecule has 3 rings (SSSR count). The Morgan fingerprint density at radius 2 is 1.92 bits per heavy atom. The molecule has 0 bridgehead atoms. The normalized spacial score (nSPS) is 19.6. The molecule has 25 heavy (non-hydrogen) atoms. The minimum atomic E-state index is -0.901. The zero-order valence-corrected chi connectivity index (χ0v) is 16.2. The molecule has 1 aromatic rings. The van der Waals surface area contributed by atoms with Gasteiger partial charge in [-0.1, -0.05) is 6.42 Å². The van der Waals surface area contributed by atoms with Crippen LogP contribution in [-0.4, -0.2) is 22.5 Å². The summed E-state index contributed by atoms with van der Waals surface area (Å²) in [7, 11) is 0. The molecule has 1 aliphatic heterocycles. The summed E-state index contributed by atoms with van der Waals surface area (Å²) in [4.78, 5) is 20.9. The zero-order valence-electron chi connectivity index (χ0n) is 13.0. The second-order valence-corrected chi connectivity index (χ2v) is 7.58. The van der Waals surface area contributed by atoms with E-state index in [4.69, 9.17) is 11.5 Å². The van der Waals surface area contributed by atoms with Gasteiger partial charge in [-0.15, -0.1) is 0 Å². The highest BCUT2D eigenvalue weighted by Gasteiger charge is 2.46. The number of guanidine groups is 2. The number of rotatable bonds is 2. The molecule has 0 atom stereocenters. The lowest BCUT2D eigenvalue weighted by molar-refractivity contribution is -0.384. The number of aliphatic imine (C=N–C) groups is 2. The Bertz CT molecular complexity index is 807. The highest BCUT2D eigenvalue weighted by Crippen LogP contribution is 2.47. The zero-order chi connectivity index (χ0) is 18.4. The van der Waals surface area contributed by atoms with Gasteiger partial charge in [-0.3, -0.25) is 15.0 Å². The van der Waals surface area contributed by atoms with Crippen molar-refractivity contribution < 1.29 is 9.31 Å². The second-order valence-electron chi connectivity index (χ2n) is 5.93. The van der Waals surface area contributed by atoms with Gasteiger partial charge in [0.2, 0.25) is 11.9 Å². The summed E-state index contributed by atoms with van der Waals surface area (Å²) < 4.78 is 14.4. The lowest BCUT2D eigenvalue weighted by Crippen LogP contribution is -2.58. The van der Waals surface area contributed by atoms with E-state index in [1.807, 2.05) is 0 Å². The summed E-state index contributed by atoms with van der Waals surface area (Å²) in [6.45, 7) is 0. The van der Waals surface area contributed by atoms with Crippen LogP contribution < -0.4 is 16.4 Å². The third-order valence-corrected chi connectivity index (χ3v) is 5.69. The van der Waals surface area contributed by atoms with Crippen LogP contribution in [0.3, 0.4) is 0 Å². The van der Waals surface area contributed by atoms with Crippen molar-refractivity contribution in [1.29, 1.82) is 0 Å². The fourth-order valence-corrected chi connectivity index (χ4v) is 4.64. The van der Waals surface area contributed by atoms with E-state index in [1.165, 1.54) is 4.90 Å². The maximum Gasteiger partial charge on any atom is 0.295 e. The van der Waals surface area contributed by atoms with Crippen LogP contribution >= 0.6 is 31.9 Å². The second kappa shape index (κ2) is 6.52. The third-order valence-electron chi connectivity index (χ3n) is 4.39. The standard InChI is InChI=1S/C14H15Br2FN6O2/c15-7-6-8(23(24)25)11(9(16)10(7)17)22-13(19)20-12(18)21-14(22)4-2-1-3-5-14/h6H,1-5H2,(H4,18,19,20,21). The van der Waals surface area contributed by atoms with E-state index in [-0.39, 0.29) is 32.2 Å². The predicted octanol–water partition coefficient (Wildman–Crippen LogP) is 3.37. The minimum Gasteiger partial charge on any atom is -0.369 e. The largest absolute Gasteiger partial charge is 0.369 e. The molecule has 0 amide bonds. The van der Waals surface area contributed by atoms with Gasteiger partial charge in [0, 0.05) is 6.07 Å². The topological polar surface area (TPSA) is 123 Å². The quantitative estimate of drug-likeness (QED) is 0.384. The molecule has 0 saturated heterocycles. The van der Waals surface area contributed by atoms with Gasteiger partial charge in [0.15, 0.2) is 5.82 Å². The van der Waals surface area contributed by atoms with E-state index in [1.54, 1.807) is 0 Å². The van der Waals surface area contributed by atoms with Gasteiger partial charge >= 0.3 is 0 Å². The van der Waals surface area contributed by atoms with Crippen molar-refractivity contribution in [2.45, 2.75) is 37.8 Å². The molecule has 1 aromatic carbocycles. The summed E-state index contributed by atoms with van der Waals surface area (Å²) in [6, 6.07) is 1.11. The van der Waals surface area contributed by atoms with Gasteiger partial charge in [0.1, 0.15) is 11.4 Å². The van der Waals surface area contributed by atoms with Crippen molar-refractivity contribution in [3.8, 4) is 0 Å². The Morgan fingerprint density at radius 3 is 2.52 bits per heavy atom. The third kappa shape index (κ3) is 2.99. The van der Waals surface area contributed by atoms with E-state index in [9.17, 15) is 14.5 Å². The first-order valence-electron chi connectivity index (χ1n) is 7.58. The van der Waals surface area contributed by atoms with Crippen LogP contribution in [-0.2, 0) is 0 Å². The van der Waals surface area contributed by atoms with E-state index < -0.39 is 16.4 Å². The first-order chi connectivity index (χ1) is 11.8. The van der Waals surface area contributed by atoms with Gasteiger partial charge in [-0.05, 0) is 57.5 Å². The van der Waals surface area contributed by atoms with Crippen LogP contribution in [0.25, 0.3) is 0 Å². The van der Waals surface area contributed by atoms with Gasteiger partial charge in [0.25, 0.3) is 5.69 Å². The average Bonchev–Trinajstić information content (AvgIpc) is 2.54. The molecule has 134 valence electrons. The molecule has 8 nitrogen and oxygen atoms in total. The summed E-state index contributed by atoms with van der Waals surface area (Å²) in [6.07, 6.45) is 3.90. The van der Waals surface area contributed by atoms with Crippen LogP contribution in [0, 0.1) is 15.9 Å². The lowest BCUT2D eigenvalue weighted by atomic mass is 9.87. The van der Waals surface area contributed by atoms with E-state index in [0.717, 1.165) is 25.3 Å². The Balaban J connectivity index is 2.28. The monoisotopic (exact) mass is 476 g/mol. The van der Waals surface area contributed by atoms with E-state index in [2.05, 4.69) is 41.8 Å². The summed E-state index contributed by atoms with van der Waals surface area (Å²) in [5.41, 5.74) is 10.6. The molecule has 0 radical (unpaired) electrons. The van der Waals surface area contributed by atoms with Gasteiger partial charge in [-0.25, -0.2) is 9.38 Å². The van der Waals surface area contributed by atoms with Crippen LogP contribution in [0.1, 0.15) is 32.1 Å². The Hall–Kier alpha value is -1.75. The number of nitrogens with two attached hydrogens (primary N) is 2.